The highest BCUT2D eigenvalue weighted by atomic mass is 16.6. The van der Waals surface area contributed by atoms with Crippen LogP contribution in [0.2, 0.25) is 0 Å². The molecular formula is C59H90O6. The zero-order chi connectivity index (χ0) is 47.2. The Morgan fingerprint density at radius 3 is 1.06 bits per heavy atom. The van der Waals surface area contributed by atoms with Gasteiger partial charge in [-0.15, -0.1) is 0 Å². The number of hydrogen-bond donors (Lipinski definition) is 0. The second-order valence-electron chi connectivity index (χ2n) is 16.2. The predicted molar refractivity (Wildman–Crippen MR) is 279 cm³/mol. The third-order valence-electron chi connectivity index (χ3n) is 10.1. The normalized spacial score (nSPS) is 13.3. The molecule has 6 nitrogen and oxygen atoms in total. The molecule has 0 fully saturated rings. The zero-order valence-electron chi connectivity index (χ0n) is 41.2. The lowest BCUT2D eigenvalue weighted by molar-refractivity contribution is -0.167. The van der Waals surface area contributed by atoms with Crippen LogP contribution in [0.4, 0.5) is 0 Å². The summed E-state index contributed by atoms with van der Waals surface area (Å²) in [7, 11) is 0. The van der Waals surface area contributed by atoms with Crippen molar-refractivity contribution in [3.8, 4) is 0 Å². The van der Waals surface area contributed by atoms with Crippen molar-refractivity contribution in [2.45, 2.75) is 194 Å². The van der Waals surface area contributed by atoms with Crippen molar-refractivity contribution in [1.29, 1.82) is 0 Å². The summed E-state index contributed by atoms with van der Waals surface area (Å²) in [5.74, 6) is -1.06. The third kappa shape index (κ3) is 50.2. The molecule has 362 valence electrons. The maximum Gasteiger partial charge on any atom is 0.306 e. The van der Waals surface area contributed by atoms with E-state index in [1.807, 2.05) is 115 Å². The second kappa shape index (κ2) is 51.9. The van der Waals surface area contributed by atoms with Crippen LogP contribution in [0.5, 0.6) is 0 Å². The van der Waals surface area contributed by atoms with Crippen LogP contribution in [0.15, 0.2) is 146 Å². The van der Waals surface area contributed by atoms with Gasteiger partial charge in [-0.3, -0.25) is 14.4 Å². The molecule has 1 atom stereocenters. The molecule has 0 aliphatic heterocycles. The van der Waals surface area contributed by atoms with Gasteiger partial charge in [0.1, 0.15) is 13.2 Å². The molecule has 0 spiro atoms. The highest BCUT2D eigenvalue weighted by Crippen LogP contribution is 2.13. The highest BCUT2D eigenvalue weighted by Gasteiger charge is 2.19. The van der Waals surface area contributed by atoms with Gasteiger partial charge >= 0.3 is 17.9 Å². The van der Waals surface area contributed by atoms with Crippen molar-refractivity contribution in [3.63, 3.8) is 0 Å². The van der Waals surface area contributed by atoms with Crippen LogP contribution in [0.1, 0.15) is 188 Å². The van der Waals surface area contributed by atoms with Gasteiger partial charge in [0.2, 0.25) is 0 Å². The van der Waals surface area contributed by atoms with E-state index in [1.54, 1.807) is 0 Å². The standard InChI is InChI=1S/C59H90O6/c1-4-7-10-13-16-19-22-25-27-29-31-34-37-40-43-46-49-52-58(61)64-55-56(54-63-57(60)51-48-45-42-39-36-33-24-21-18-15-12-9-6-3)65-59(62)53-50-47-44-41-38-35-32-30-28-26-23-20-17-14-11-8-5-2/h7,9-10,12-13,15-16,18-19,21-22,24-29,31,33-34,36-37,39,42,56H,4-6,8,11,14,17,20,23,30,32,35,38,40-41,43-55H2,1-3H3/b10-7+,12-9+,16-13+,18-15+,22-19+,24-21+,27-25+,28-26+,31-29+,36-33+,37-34+,42-39+. The lowest BCUT2D eigenvalue weighted by Gasteiger charge is -2.18. The fourth-order valence-electron chi connectivity index (χ4n) is 6.32. The summed E-state index contributed by atoms with van der Waals surface area (Å²) in [6, 6.07) is 0. The maximum atomic E-state index is 12.8. The molecule has 0 bridgehead atoms. The number of unbranched alkanes of at least 4 members (excludes halogenated alkanes) is 17. The Morgan fingerprint density at radius 2 is 0.631 bits per heavy atom. The number of ether oxygens (including phenoxy) is 3. The summed E-state index contributed by atoms with van der Waals surface area (Å²) in [5, 5.41) is 0. The Bertz CT molecular complexity index is 1490. The van der Waals surface area contributed by atoms with Gasteiger partial charge in [-0.05, 0) is 77.0 Å². The first-order valence-corrected chi connectivity index (χ1v) is 25.5. The maximum absolute atomic E-state index is 12.8. The van der Waals surface area contributed by atoms with E-state index in [-0.39, 0.29) is 44.0 Å². The molecule has 0 radical (unpaired) electrons. The fraction of sp³-hybridized carbons (Fsp3) is 0.542. The molecule has 0 saturated heterocycles. The lowest BCUT2D eigenvalue weighted by Crippen LogP contribution is -2.30. The van der Waals surface area contributed by atoms with Gasteiger partial charge in [-0.2, -0.15) is 0 Å². The minimum Gasteiger partial charge on any atom is -0.462 e. The van der Waals surface area contributed by atoms with Gasteiger partial charge in [-0.25, -0.2) is 0 Å². The van der Waals surface area contributed by atoms with E-state index < -0.39 is 6.10 Å². The number of esters is 3. The smallest absolute Gasteiger partial charge is 0.306 e. The van der Waals surface area contributed by atoms with Gasteiger partial charge in [0.25, 0.3) is 0 Å². The van der Waals surface area contributed by atoms with Crippen LogP contribution >= 0.6 is 0 Å². The lowest BCUT2D eigenvalue weighted by atomic mass is 10.1. The van der Waals surface area contributed by atoms with Crippen LogP contribution in [-0.2, 0) is 28.6 Å². The third-order valence-corrected chi connectivity index (χ3v) is 10.1. The molecule has 65 heavy (non-hydrogen) atoms. The van der Waals surface area contributed by atoms with Gasteiger partial charge in [0.15, 0.2) is 6.10 Å². The van der Waals surface area contributed by atoms with Crippen LogP contribution in [0, 0.1) is 0 Å². The quantitative estimate of drug-likeness (QED) is 0.0199. The molecule has 0 N–H and O–H groups in total. The van der Waals surface area contributed by atoms with Gasteiger partial charge < -0.3 is 14.2 Å². The van der Waals surface area contributed by atoms with Gasteiger partial charge in [0, 0.05) is 19.3 Å². The Balaban J connectivity index is 4.60. The van der Waals surface area contributed by atoms with Crippen LogP contribution in [0.25, 0.3) is 0 Å². The molecule has 6 heteroatoms. The second-order valence-corrected chi connectivity index (χ2v) is 16.2. The zero-order valence-corrected chi connectivity index (χ0v) is 41.2. The van der Waals surface area contributed by atoms with Crippen molar-refractivity contribution >= 4 is 17.9 Å². The van der Waals surface area contributed by atoms with E-state index in [0.29, 0.717) is 19.3 Å². The van der Waals surface area contributed by atoms with Gasteiger partial charge in [0.05, 0.1) is 0 Å². The monoisotopic (exact) mass is 895 g/mol. The van der Waals surface area contributed by atoms with Crippen LogP contribution < -0.4 is 0 Å². The minimum absolute atomic E-state index is 0.132. The van der Waals surface area contributed by atoms with E-state index in [9.17, 15) is 14.4 Å². The number of carbonyl (C=O) groups excluding carboxylic acids is 3. The Labute approximate surface area is 397 Å². The molecule has 0 aromatic carbocycles. The van der Waals surface area contributed by atoms with E-state index in [0.717, 1.165) is 57.8 Å². The van der Waals surface area contributed by atoms with Crippen molar-refractivity contribution in [3.05, 3.63) is 146 Å². The average molecular weight is 895 g/mol. The first-order valence-electron chi connectivity index (χ1n) is 25.5. The van der Waals surface area contributed by atoms with Crippen LogP contribution in [0.3, 0.4) is 0 Å². The number of hydrogen-bond acceptors (Lipinski definition) is 6. The predicted octanol–water partition coefficient (Wildman–Crippen LogP) is 16.9. The topological polar surface area (TPSA) is 78.9 Å². The van der Waals surface area contributed by atoms with Crippen molar-refractivity contribution in [1.82, 2.24) is 0 Å². The van der Waals surface area contributed by atoms with Gasteiger partial charge in [-0.1, -0.05) is 237 Å². The molecule has 0 aliphatic rings. The first-order chi connectivity index (χ1) is 32.0. The molecule has 0 rings (SSSR count). The largest absolute Gasteiger partial charge is 0.462 e. The Kier molecular flexibility index (Phi) is 48.2. The summed E-state index contributed by atoms with van der Waals surface area (Å²) < 4.78 is 16.7. The van der Waals surface area contributed by atoms with E-state index in [2.05, 4.69) is 51.2 Å². The molecule has 0 aromatic rings. The van der Waals surface area contributed by atoms with Crippen molar-refractivity contribution < 1.29 is 28.6 Å². The Hall–Kier alpha value is -4.71. The molecule has 1 unspecified atom stereocenters. The van der Waals surface area contributed by atoms with E-state index >= 15 is 0 Å². The minimum atomic E-state index is -0.834. The van der Waals surface area contributed by atoms with E-state index in [4.69, 9.17) is 14.2 Å². The van der Waals surface area contributed by atoms with Crippen LogP contribution in [-0.4, -0.2) is 37.2 Å². The summed E-state index contributed by atoms with van der Waals surface area (Å²) >= 11 is 0. The molecule has 0 saturated carbocycles. The number of rotatable bonds is 43. The molecule has 0 heterocycles. The summed E-state index contributed by atoms with van der Waals surface area (Å²) in [5.41, 5.74) is 0. The molecular weight excluding hydrogens is 805 g/mol. The van der Waals surface area contributed by atoms with Crippen molar-refractivity contribution in [2.24, 2.45) is 0 Å². The first kappa shape index (κ1) is 60.3. The summed E-state index contributed by atoms with van der Waals surface area (Å²) in [4.78, 5) is 38.0. The summed E-state index contributed by atoms with van der Waals surface area (Å²) in [6.45, 7) is 6.21. The van der Waals surface area contributed by atoms with Crippen molar-refractivity contribution in [2.75, 3.05) is 13.2 Å². The molecule has 0 aliphatic carbocycles. The number of carbonyl (C=O) groups is 3. The Morgan fingerprint density at radius 1 is 0.323 bits per heavy atom. The molecule has 0 aromatic heterocycles. The highest BCUT2D eigenvalue weighted by molar-refractivity contribution is 5.71. The number of allylic oxidation sites excluding steroid dienone is 24. The SMILES string of the molecule is CC/C=C/C=C/C=C/C=C/C=C/C=C/CCCCCC(=O)OCC(COC(=O)CCC/C=C/C=C/C=C/C=C/C=C/CC)OC(=O)CCCCCCCCC/C=C/CCCCCCCC. The fourth-order valence-corrected chi connectivity index (χ4v) is 6.32. The van der Waals surface area contributed by atoms with E-state index in [1.165, 1.54) is 77.0 Å². The summed E-state index contributed by atoms with van der Waals surface area (Å²) in [6.07, 6.45) is 74.1. The average Bonchev–Trinajstić information content (AvgIpc) is 3.30. The molecule has 0 amide bonds.